The van der Waals surface area contributed by atoms with Gasteiger partial charge in [0.25, 0.3) is 5.56 Å². The summed E-state index contributed by atoms with van der Waals surface area (Å²) in [6, 6.07) is 16.8. The van der Waals surface area contributed by atoms with Gasteiger partial charge in [0.05, 0.1) is 5.69 Å². The average Bonchev–Trinajstić information content (AvgIpc) is 3.02. The van der Waals surface area contributed by atoms with Crippen LogP contribution in [-0.4, -0.2) is 25.2 Å². The van der Waals surface area contributed by atoms with Crippen molar-refractivity contribution in [3.8, 4) is 5.95 Å². The van der Waals surface area contributed by atoms with Crippen LogP contribution in [-0.2, 0) is 11.3 Å². The van der Waals surface area contributed by atoms with Gasteiger partial charge in [-0.2, -0.15) is 5.10 Å². The average molecular weight is 387 g/mol. The van der Waals surface area contributed by atoms with Crippen LogP contribution in [0.1, 0.15) is 17.1 Å². The van der Waals surface area contributed by atoms with Crippen molar-refractivity contribution in [1.82, 2.24) is 19.3 Å². The van der Waals surface area contributed by atoms with Crippen molar-refractivity contribution < 1.29 is 4.79 Å². The standard InChI is InChI=1S/C22H21N5O2/c1-14-12-21(29)26(22(23-14)27-16(3)11-15(2)25-27)13-20(28)24-19-10-6-8-17-7-4-5-9-18(17)19/h4-12H,13H2,1-3H3,(H,24,28). The van der Waals surface area contributed by atoms with E-state index in [2.05, 4.69) is 15.4 Å². The van der Waals surface area contributed by atoms with Crippen molar-refractivity contribution in [2.45, 2.75) is 27.3 Å². The van der Waals surface area contributed by atoms with E-state index in [4.69, 9.17) is 0 Å². The molecule has 0 unspecified atom stereocenters. The van der Waals surface area contributed by atoms with Gasteiger partial charge >= 0.3 is 0 Å². The number of aromatic nitrogens is 4. The van der Waals surface area contributed by atoms with E-state index in [0.29, 0.717) is 17.3 Å². The molecular weight excluding hydrogens is 366 g/mol. The fourth-order valence-electron chi connectivity index (χ4n) is 3.41. The van der Waals surface area contributed by atoms with Crippen molar-refractivity contribution in [3.63, 3.8) is 0 Å². The topological polar surface area (TPSA) is 81.8 Å². The molecule has 0 saturated heterocycles. The largest absolute Gasteiger partial charge is 0.324 e. The molecule has 4 aromatic rings. The molecule has 0 spiro atoms. The van der Waals surface area contributed by atoms with E-state index in [1.807, 2.05) is 62.4 Å². The summed E-state index contributed by atoms with van der Waals surface area (Å²) in [5.41, 5.74) is 2.62. The Morgan fingerprint density at radius 1 is 1.00 bits per heavy atom. The molecule has 4 rings (SSSR count). The number of amides is 1. The first kappa shape index (κ1) is 18.6. The SMILES string of the molecule is Cc1cc(=O)n(CC(=O)Nc2cccc3ccccc23)c(-n2nc(C)cc2C)n1. The molecule has 0 bridgehead atoms. The van der Waals surface area contributed by atoms with Crippen LogP contribution in [0.25, 0.3) is 16.7 Å². The predicted molar refractivity (Wildman–Crippen MR) is 112 cm³/mol. The summed E-state index contributed by atoms with van der Waals surface area (Å²) in [5, 5.41) is 9.31. The Labute approximate surface area is 167 Å². The normalized spacial score (nSPS) is 11.0. The highest BCUT2D eigenvalue weighted by Gasteiger charge is 2.16. The molecule has 0 aliphatic rings. The van der Waals surface area contributed by atoms with Gasteiger partial charge in [0.15, 0.2) is 0 Å². The minimum atomic E-state index is -0.308. The number of fused-ring (bicyclic) bond motifs is 1. The maximum atomic E-state index is 12.8. The first-order chi connectivity index (χ1) is 13.9. The Morgan fingerprint density at radius 3 is 2.52 bits per heavy atom. The maximum Gasteiger partial charge on any atom is 0.255 e. The van der Waals surface area contributed by atoms with E-state index in [9.17, 15) is 9.59 Å². The van der Waals surface area contributed by atoms with Crippen LogP contribution < -0.4 is 10.9 Å². The van der Waals surface area contributed by atoms with E-state index in [1.54, 1.807) is 11.6 Å². The fourth-order valence-corrected chi connectivity index (χ4v) is 3.41. The molecule has 29 heavy (non-hydrogen) atoms. The second-order valence-electron chi connectivity index (χ2n) is 7.04. The third-order valence-electron chi connectivity index (χ3n) is 4.68. The van der Waals surface area contributed by atoms with Gasteiger partial charge in [0.1, 0.15) is 6.54 Å². The second-order valence-corrected chi connectivity index (χ2v) is 7.04. The van der Waals surface area contributed by atoms with E-state index in [1.165, 1.54) is 10.6 Å². The van der Waals surface area contributed by atoms with Crippen molar-refractivity contribution in [1.29, 1.82) is 0 Å². The van der Waals surface area contributed by atoms with Crippen molar-refractivity contribution in [3.05, 3.63) is 82.0 Å². The molecule has 0 aliphatic heterocycles. The molecule has 1 amide bonds. The van der Waals surface area contributed by atoms with Crippen molar-refractivity contribution >= 4 is 22.4 Å². The van der Waals surface area contributed by atoms with Crippen LogP contribution >= 0.6 is 0 Å². The Bertz CT molecular complexity index is 1280. The van der Waals surface area contributed by atoms with Crippen LogP contribution in [0.2, 0.25) is 0 Å². The third kappa shape index (κ3) is 3.67. The lowest BCUT2D eigenvalue weighted by Crippen LogP contribution is -2.32. The maximum absolute atomic E-state index is 12.8. The highest BCUT2D eigenvalue weighted by Crippen LogP contribution is 2.23. The number of carbonyl (C=O) groups is 1. The molecule has 0 aliphatic carbocycles. The number of hydrogen-bond acceptors (Lipinski definition) is 4. The van der Waals surface area contributed by atoms with E-state index >= 15 is 0 Å². The number of benzene rings is 2. The fraction of sp³-hybridized carbons (Fsp3) is 0.182. The Balaban J connectivity index is 1.70. The second kappa shape index (κ2) is 7.35. The predicted octanol–water partition coefficient (Wildman–Crippen LogP) is 3.15. The van der Waals surface area contributed by atoms with Gasteiger partial charge < -0.3 is 5.32 Å². The molecule has 146 valence electrons. The Kier molecular flexibility index (Phi) is 4.72. The van der Waals surface area contributed by atoms with Gasteiger partial charge in [-0.1, -0.05) is 36.4 Å². The molecular formula is C22H21N5O2. The zero-order valence-electron chi connectivity index (χ0n) is 16.5. The third-order valence-corrected chi connectivity index (χ3v) is 4.68. The van der Waals surface area contributed by atoms with Gasteiger partial charge in [-0.15, -0.1) is 0 Å². The summed E-state index contributed by atoms with van der Waals surface area (Å²) in [4.78, 5) is 29.9. The Hall–Kier alpha value is -3.74. The number of hydrogen-bond donors (Lipinski definition) is 1. The highest BCUT2D eigenvalue weighted by atomic mass is 16.2. The first-order valence-corrected chi connectivity index (χ1v) is 9.32. The molecule has 2 aromatic heterocycles. The molecule has 7 nitrogen and oxygen atoms in total. The van der Waals surface area contributed by atoms with Crippen LogP contribution in [0.15, 0.2) is 59.4 Å². The van der Waals surface area contributed by atoms with Crippen LogP contribution in [0.5, 0.6) is 0 Å². The van der Waals surface area contributed by atoms with E-state index < -0.39 is 0 Å². The van der Waals surface area contributed by atoms with Crippen molar-refractivity contribution in [2.75, 3.05) is 5.32 Å². The van der Waals surface area contributed by atoms with Crippen LogP contribution in [0.4, 0.5) is 5.69 Å². The molecule has 2 aromatic carbocycles. The summed E-state index contributed by atoms with van der Waals surface area (Å²) in [6.07, 6.45) is 0. The lowest BCUT2D eigenvalue weighted by Gasteiger charge is -2.14. The van der Waals surface area contributed by atoms with Crippen molar-refractivity contribution in [2.24, 2.45) is 0 Å². The van der Waals surface area contributed by atoms with E-state index in [-0.39, 0.29) is 18.0 Å². The minimum absolute atomic E-state index is 0.164. The molecule has 0 saturated carbocycles. The molecule has 7 heteroatoms. The number of nitrogens with zero attached hydrogens (tertiary/aromatic N) is 4. The molecule has 0 fully saturated rings. The van der Waals surface area contributed by atoms with Gasteiger partial charge in [-0.05, 0) is 38.3 Å². The monoisotopic (exact) mass is 387 g/mol. The zero-order chi connectivity index (χ0) is 20.5. The van der Waals surface area contributed by atoms with Gasteiger partial charge in [0.2, 0.25) is 11.9 Å². The van der Waals surface area contributed by atoms with Crippen LogP contribution in [0.3, 0.4) is 0 Å². The summed E-state index contributed by atoms with van der Waals surface area (Å²) in [6.45, 7) is 5.34. The van der Waals surface area contributed by atoms with E-state index in [0.717, 1.165) is 22.2 Å². The van der Waals surface area contributed by atoms with Crippen LogP contribution in [0, 0.1) is 20.8 Å². The summed E-state index contributed by atoms with van der Waals surface area (Å²) in [5.74, 6) is 0.0190. The molecule has 2 heterocycles. The lowest BCUT2D eigenvalue weighted by molar-refractivity contribution is -0.116. The zero-order valence-corrected chi connectivity index (χ0v) is 16.5. The van der Waals surface area contributed by atoms with Gasteiger partial charge in [0, 0.05) is 28.5 Å². The minimum Gasteiger partial charge on any atom is -0.324 e. The van der Waals surface area contributed by atoms with Gasteiger partial charge in [-0.3, -0.25) is 14.2 Å². The number of aryl methyl sites for hydroxylation is 3. The number of nitrogens with one attached hydrogen (secondary N) is 1. The molecule has 0 atom stereocenters. The number of rotatable bonds is 4. The molecule has 0 radical (unpaired) electrons. The first-order valence-electron chi connectivity index (χ1n) is 9.32. The smallest absolute Gasteiger partial charge is 0.255 e. The summed E-state index contributed by atoms with van der Waals surface area (Å²) < 4.78 is 2.93. The highest BCUT2D eigenvalue weighted by molar-refractivity contribution is 6.02. The Morgan fingerprint density at radius 2 is 1.76 bits per heavy atom. The lowest BCUT2D eigenvalue weighted by atomic mass is 10.1. The number of carbonyl (C=O) groups excluding carboxylic acids is 1. The summed E-state index contributed by atoms with van der Waals surface area (Å²) in [7, 11) is 0. The number of anilines is 1. The van der Waals surface area contributed by atoms with Gasteiger partial charge in [-0.25, -0.2) is 9.67 Å². The summed E-state index contributed by atoms with van der Waals surface area (Å²) >= 11 is 0. The molecule has 1 N–H and O–H groups in total. The quantitative estimate of drug-likeness (QED) is 0.583.